The van der Waals surface area contributed by atoms with Crippen LogP contribution in [0.2, 0.25) is 0 Å². The van der Waals surface area contributed by atoms with E-state index in [1.54, 1.807) is 20.3 Å². The van der Waals surface area contributed by atoms with Crippen LogP contribution in [-0.2, 0) is 0 Å². The zero-order chi connectivity index (χ0) is 15.5. The molecule has 3 rings (SSSR count). The van der Waals surface area contributed by atoms with Crippen molar-refractivity contribution in [3.63, 3.8) is 0 Å². The van der Waals surface area contributed by atoms with Crippen LogP contribution in [-0.4, -0.2) is 25.2 Å². The third-order valence-electron chi connectivity index (χ3n) is 2.87. The summed E-state index contributed by atoms with van der Waals surface area (Å²) in [6.45, 7) is 0. The number of thiophene rings is 1. The van der Waals surface area contributed by atoms with E-state index in [0.717, 1.165) is 15.2 Å². The van der Waals surface area contributed by atoms with Crippen molar-refractivity contribution in [3.8, 4) is 11.5 Å². The van der Waals surface area contributed by atoms with Gasteiger partial charge in [-0.1, -0.05) is 11.3 Å². The Morgan fingerprint density at radius 3 is 2.64 bits per heavy atom. The third kappa shape index (κ3) is 2.97. The van der Waals surface area contributed by atoms with Crippen LogP contribution in [0.5, 0.6) is 11.5 Å². The molecule has 8 heteroatoms. The number of hydrogen-bond acceptors (Lipinski definition) is 6. The Morgan fingerprint density at radius 2 is 1.95 bits per heavy atom. The molecule has 3 aromatic rings. The van der Waals surface area contributed by atoms with E-state index in [-0.39, 0.29) is 6.03 Å². The van der Waals surface area contributed by atoms with Crippen LogP contribution >= 0.6 is 22.7 Å². The second-order valence-electron chi connectivity index (χ2n) is 4.25. The molecule has 2 amide bonds. The van der Waals surface area contributed by atoms with Crippen molar-refractivity contribution in [1.82, 2.24) is 4.98 Å². The Kier molecular flexibility index (Phi) is 4.12. The molecule has 0 aliphatic rings. The number of rotatable bonds is 4. The zero-order valence-corrected chi connectivity index (χ0v) is 13.5. The summed E-state index contributed by atoms with van der Waals surface area (Å²) in [5.41, 5.74) is 0.745. The van der Waals surface area contributed by atoms with Gasteiger partial charge < -0.3 is 9.47 Å². The van der Waals surface area contributed by atoms with Crippen LogP contribution in [0.1, 0.15) is 0 Å². The van der Waals surface area contributed by atoms with Crippen LogP contribution in [0.15, 0.2) is 29.6 Å². The van der Waals surface area contributed by atoms with Gasteiger partial charge in [-0.05, 0) is 17.5 Å². The predicted molar refractivity (Wildman–Crippen MR) is 89.7 cm³/mol. The van der Waals surface area contributed by atoms with Crippen molar-refractivity contribution in [2.45, 2.75) is 0 Å². The first-order chi connectivity index (χ1) is 10.7. The SMILES string of the molecule is COc1cc2nc(NC(=O)Nc3cccs3)sc2cc1OC. The summed E-state index contributed by atoms with van der Waals surface area (Å²) >= 11 is 2.83. The molecule has 0 aliphatic heterocycles. The van der Waals surface area contributed by atoms with Crippen molar-refractivity contribution in [1.29, 1.82) is 0 Å². The molecule has 2 heterocycles. The molecule has 2 N–H and O–H groups in total. The van der Waals surface area contributed by atoms with Gasteiger partial charge in [-0.15, -0.1) is 11.3 Å². The first-order valence-corrected chi connectivity index (χ1v) is 8.03. The minimum Gasteiger partial charge on any atom is -0.493 e. The molecule has 0 aliphatic carbocycles. The maximum Gasteiger partial charge on any atom is 0.326 e. The fourth-order valence-corrected chi connectivity index (χ4v) is 3.38. The van der Waals surface area contributed by atoms with Crippen LogP contribution < -0.4 is 20.1 Å². The second kappa shape index (κ2) is 6.20. The highest BCUT2D eigenvalue weighted by Crippen LogP contribution is 2.36. The molecule has 0 atom stereocenters. The molecule has 0 saturated carbocycles. The van der Waals surface area contributed by atoms with Gasteiger partial charge in [0.2, 0.25) is 0 Å². The molecule has 6 nitrogen and oxygen atoms in total. The van der Waals surface area contributed by atoms with Crippen molar-refractivity contribution in [2.75, 3.05) is 24.9 Å². The minimum absolute atomic E-state index is 0.319. The summed E-state index contributed by atoms with van der Waals surface area (Å²) in [4.78, 5) is 16.3. The number of ether oxygens (including phenoxy) is 2. The first-order valence-electron chi connectivity index (χ1n) is 6.33. The van der Waals surface area contributed by atoms with Gasteiger partial charge in [0.05, 0.1) is 29.4 Å². The van der Waals surface area contributed by atoms with Gasteiger partial charge in [0.15, 0.2) is 16.6 Å². The summed E-state index contributed by atoms with van der Waals surface area (Å²) in [5.74, 6) is 1.24. The Labute approximate surface area is 134 Å². The van der Waals surface area contributed by atoms with Gasteiger partial charge in [-0.25, -0.2) is 9.78 Å². The second-order valence-corrected chi connectivity index (χ2v) is 6.23. The summed E-state index contributed by atoms with van der Waals surface area (Å²) < 4.78 is 11.4. The average Bonchev–Trinajstić information content (AvgIpc) is 3.13. The smallest absolute Gasteiger partial charge is 0.326 e. The van der Waals surface area contributed by atoms with Crippen molar-refractivity contribution >= 4 is 49.1 Å². The quantitative estimate of drug-likeness (QED) is 0.755. The first kappa shape index (κ1) is 14.6. The molecular weight excluding hydrogens is 322 g/mol. The predicted octanol–water partition coefficient (Wildman–Crippen LogP) is 4.02. The lowest BCUT2D eigenvalue weighted by molar-refractivity contribution is 0.262. The molecule has 0 saturated heterocycles. The van der Waals surface area contributed by atoms with Crippen molar-refractivity contribution in [3.05, 3.63) is 29.6 Å². The number of methoxy groups -OCH3 is 2. The third-order valence-corrected chi connectivity index (χ3v) is 4.59. The molecular formula is C14H13N3O3S2. The highest BCUT2D eigenvalue weighted by atomic mass is 32.1. The summed E-state index contributed by atoms with van der Waals surface area (Å²) in [6, 6.07) is 7.01. The van der Waals surface area contributed by atoms with E-state index in [2.05, 4.69) is 15.6 Å². The number of aromatic nitrogens is 1. The maximum absolute atomic E-state index is 11.9. The number of carbonyl (C=O) groups is 1. The van der Waals surface area contributed by atoms with E-state index in [9.17, 15) is 4.79 Å². The van der Waals surface area contributed by atoms with Crippen molar-refractivity contribution in [2.24, 2.45) is 0 Å². The molecule has 0 bridgehead atoms. The van der Waals surface area contributed by atoms with Crippen molar-refractivity contribution < 1.29 is 14.3 Å². The maximum atomic E-state index is 11.9. The molecule has 22 heavy (non-hydrogen) atoms. The lowest BCUT2D eigenvalue weighted by atomic mass is 10.3. The molecule has 0 fully saturated rings. The van der Waals surface area contributed by atoms with Crippen LogP contribution in [0.25, 0.3) is 10.2 Å². The van der Waals surface area contributed by atoms with Crippen LogP contribution in [0, 0.1) is 0 Å². The molecule has 1 aromatic carbocycles. The van der Waals surface area contributed by atoms with E-state index in [4.69, 9.17) is 9.47 Å². The summed E-state index contributed by atoms with van der Waals surface area (Å²) in [5, 5.41) is 8.66. The molecule has 0 radical (unpaired) electrons. The Bertz CT molecular complexity index is 758. The Morgan fingerprint density at radius 1 is 1.18 bits per heavy atom. The Balaban J connectivity index is 1.81. The number of urea groups is 1. The van der Waals surface area contributed by atoms with Gasteiger partial charge in [0, 0.05) is 12.1 Å². The van der Waals surface area contributed by atoms with Gasteiger partial charge >= 0.3 is 6.03 Å². The van der Waals surface area contributed by atoms with E-state index in [1.807, 2.05) is 23.6 Å². The average molecular weight is 335 g/mol. The summed E-state index contributed by atoms with van der Waals surface area (Å²) in [7, 11) is 3.15. The lowest BCUT2D eigenvalue weighted by Crippen LogP contribution is -2.18. The van der Waals surface area contributed by atoms with E-state index >= 15 is 0 Å². The highest BCUT2D eigenvalue weighted by molar-refractivity contribution is 7.22. The topological polar surface area (TPSA) is 72.5 Å². The number of amides is 2. The fraction of sp³-hybridized carbons (Fsp3) is 0.143. The normalized spacial score (nSPS) is 10.5. The van der Waals surface area contributed by atoms with Gasteiger partial charge in [0.25, 0.3) is 0 Å². The molecule has 0 spiro atoms. The summed E-state index contributed by atoms with van der Waals surface area (Å²) in [6.07, 6.45) is 0. The standard InChI is InChI=1S/C14H13N3O3S2/c1-19-9-6-8-11(7-10(9)20-2)22-14(15-8)17-13(18)16-12-4-3-5-21-12/h3-7H,1-2H3,(H2,15,16,17,18). The monoisotopic (exact) mass is 335 g/mol. The largest absolute Gasteiger partial charge is 0.493 e. The van der Waals surface area contributed by atoms with Crippen LogP contribution in [0.4, 0.5) is 14.9 Å². The van der Waals surface area contributed by atoms with E-state index < -0.39 is 0 Å². The number of nitrogens with zero attached hydrogens (tertiary/aromatic N) is 1. The van der Waals surface area contributed by atoms with Gasteiger partial charge in [-0.3, -0.25) is 10.6 Å². The molecule has 0 unspecified atom stereocenters. The molecule has 2 aromatic heterocycles. The zero-order valence-electron chi connectivity index (χ0n) is 11.9. The number of carbonyl (C=O) groups excluding carboxylic acids is 1. The fourth-order valence-electron chi connectivity index (χ4n) is 1.90. The number of hydrogen-bond donors (Lipinski definition) is 2. The van der Waals surface area contributed by atoms with E-state index in [0.29, 0.717) is 16.6 Å². The highest BCUT2D eigenvalue weighted by Gasteiger charge is 2.12. The molecule has 114 valence electrons. The lowest BCUT2D eigenvalue weighted by Gasteiger charge is -2.05. The van der Waals surface area contributed by atoms with Gasteiger partial charge in [0.1, 0.15) is 0 Å². The number of nitrogens with one attached hydrogen (secondary N) is 2. The Hall–Kier alpha value is -2.32. The number of thiazole rings is 1. The number of fused-ring (bicyclic) bond motifs is 1. The van der Waals surface area contributed by atoms with Gasteiger partial charge in [-0.2, -0.15) is 0 Å². The number of benzene rings is 1. The van der Waals surface area contributed by atoms with E-state index in [1.165, 1.54) is 22.7 Å². The number of anilines is 2. The minimum atomic E-state index is -0.319. The van der Waals surface area contributed by atoms with Crippen LogP contribution in [0.3, 0.4) is 0 Å².